The highest BCUT2D eigenvalue weighted by Gasteiger charge is 2.53. The Hall–Kier alpha value is -1.31. The molecule has 0 aromatic rings. The molecule has 7 atom stereocenters. The Bertz CT molecular complexity index is 927. The molecule has 0 spiro atoms. The molecule has 7 unspecified atom stereocenters. The van der Waals surface area contributed by atoms with Gasteiger partial charge in [0.2, 0.25) is 15.9 Å². The van der Waals surface area contributed by atoms with Crippen LogP contribution in [0.4, 0.5) is 4.79 Å². The number of nitrogens with zero attached hydrogens (tertiary/aromatic N) is 2. The molecule has 11 nitrogen and oxygen atoms in total. The maximum Gasteiger partial charge on any atom is 0.327 e. The maximum atomic E-state index is 13.6. The van der Waals surface area contributed by atoms with Crippen molar-refractivity contribution in [1.29, 1.82) is 0 Å². The lowest BCUT2D eigenvalue weighted by molar-refractivity contribution is -0.143. The predicted octanol–water partition coefficient (Wildman–Crippen LogP) is 0.624. The van der Waals surface area contributed by atoms with Gasteiger partial charge in [-0.3, -0.25) is 19.4 Å². The highest BCUT2D eigenvalue weighted by atomic mass is 32.2. The highest BCUT2D eigenvalue weighted by Crippen LogP contribution is 2.40. The lowest BCUT2D eigenvalue weighted by atomic mass is 9.80. The van der Waals surface area contributed by atoms with Crippen molar-refractivity contribution >= 4 is 22.0 Å². The molecular formula is C22H37N5O6S. The van der Waals surface area contributed by atoms with Crippen LogP contribution < -0.4 is 15.7 Å². The van der Waals surface area contributed by atoms with E-state index in [1.165, 1.54) is 4.90 Å². The van der Waals surface area contributed by atoms with Gasteiger partial charge >= 0.3 is 6.03 Å². The Morgan fingerprint density at radius 2 is 1.62 bits per heavy atom. The summed E-state index contributed by atoms with van der Waals surface area (Å²) in [5.41, 5.74) is 5.49. The third kappa shape index (κ3) is 4.85. The lowest BCUT2D eigenvalue weighted by Gasteiger charge is -2.48. The number of rotatable bonds is 7. The summed E-state index contributed by atoms with van der Waals surface area (Å²) in [6, 6.07) is -0.321. The quantitative estimate of drug-likeness (QED) is 0.465. The molecule has 3 amide bonds. The topological polar surface area (TPSA) is 129 Å². The van der Waals surface area contributed by atoms with E-state index >= 15 is 0 Å². The van der Waals surface area contributed by atoms with Crippen molar-refractivity contribution in [3.63, 3.8) is 0 Å². The van der Waals surface area contributed by atoms with Gasteiger partial charge in [0, 0.05) is 23.7 Å². The summed E-state index contributed by atoms with van der Waals surface area (Å²) in [6.45, 7) is 6.44. The molecule has 2 aliphatic carbocycles. The fourth-order valence-corrected chi connectivity index (χ4v) is 7.74. The van der Waals surface area contributed by atoms with Crippen molar-refractivity contribution in [2.24, 2.45) is 5.92 Å². The van der Waals surface area contributed by atoms with Gasteiger partial charge in [-0.15, -0.1) is 0 Å². The smallest absolute Gasteiger partial charge is 0.318 e. The largest absolute Gasteiger partial charge is 0.327 e. The molecule has 5 fully saturated rings. The number of amides is 3. The van der Waals surface area contributed by atoms with E-state index in [4.69, 9.17) is 9.68 Å². The van der Waals surface area contributed by atoms with Crippen LogP contribution in [-0.2, 0) is 24.5 Å². The third-order valence-electron chi connectivity index (χ3n) is 7.94. The van der Waals surface area contributed by atoms with Gasteiger partial charge in [0.05, 0.1) is 36.5 Å². The summed E-state index contributed by atoms with van der Waals surface area (Å²) < 4.78 is 29.1. The molecule has 0 aromatic heterocycles. The van der Waals surface area contributed by atoms with E-state index in [1.54, 1.807) is 4.90 Å². The van der Waals surface area contributed by atoms with Crippen molar-refractivity contribution in [3.8, 4) is 0 Å². The van der Waals surface area contributed by atoms with Crippen molar-refractivity contribution in [2.45, 2.75) is 107 Å². The molecule has 0 radical (unpaired) electrons. The Balaban J connectivity index is 1.36. The molecule has 3 heterocycles. The van der Waals surface area contributed by atoms with Gasteiger partial charge in [-0.25, -0.2) is 17.9 Å². The second-order valence-electron chi connectivity index (χ2n) is 11.2. The summed E-state index contributed by atoms with van der Waals surface area (Å²) >= 11 is 0. The van der Waals surface area contributed by atoms with Crippen LogP contribution in [0.15, 0.2) is 0 Å². The van der Waals surface area contributed by atoms with E-state index in [1.807, 2.05) is 20.8 Å². The summed E-state index contributed by atoms with van der Waals surface area (Å²) in [4.78, 5) is 41.4. The minimum atomic E-state index is -3.55. The van der Waals surface area contributed by atoms with E-state index in [-0.39, 0.29) is 60.8 Å². The van der Waals surface area contributed by atoms with Crippen LogP contribution >= 0.6 is 0 Å². The molecule has 0 aromatic carbocycles. The lowest BCUT2D eigenvalue weighted by Crippen LogP contribution is -2.66. The zero-order valence-corrected chi connectivity index (χ0v) is 21.0. The van der Waals surface area contributed by atoms with Crippen LogP contribution in [0.5, 0.6) is 0 Å². The standard InChI is InChI=1S/C22H37N5O6S/c1-13-8-15(32-23-13)11-26-19-5-4-17(34(30,31)25-22(3)6-7-22)10-18(19)20(28)27(21(26)29)12-16-9-14(2)24-33-16/h13-19,23-25H,4-12H2,1-3H3. The summed E-state index contributed by atoms with van der Waals surface area (Å²) in [5.74, 6) is -0.843. The summed E-state index contributed by atoms with van der Waals surface area (Å²) in [7, 11) is -3.55. The average molecular weight is 500 g/mol. The van der Waals surface area contributed by atoms with Crippen LogP contribution in [0.1, 0.15) is 65.7 Å². The first kappa shape index (κ1) is 24.4. The number of fused-ring (bicyclic) bond motifs is 1. The zero-order chi connectivity index (χ0) is 24.3. The zero-order valence-electron chi connectivity index (χ0n) is 20.2. The van der Waals surface area contributed by atoms with Crippen molar-refractivity contribution in [3.05, 3.63) is 0 Å². The van der Waals surface area contributed by atoms with E-state index in [0.717, 1.165) is 19.3 Å². The molecule has 34 heavy (non-hydrogen) atoms. The minimum Gasteiger partial charge on any atom is -0.318 e. The van der Waals surface area contributed by atoms with Crippen molar-refractivity contribution < 1.29 is 27.7 Å². The van der Waals surface area contributed by atoms with Crippen LogP contribution in [0.2, 0.25) is 0 Å². The number of urea groups is 1. The van der Waals surface area contributed by atoms with E-state index in [2.05, 4.69) is 15.7 Å². The van der Waals surface area contributed by atoms with Crippen LogP contribution in [-0.4, -0.2) is 84.4 Å². The fraction of sp³-hybridized carbons (Fsp3) is 0.909. The number of carbonyl (C=O) groups excluding carboxylic acids is 2. The first-order chi connectivity index (χ1) is 16.0. The Morgan fingerprint density at radius 1 is 1.00 bits per heavy atom. The minimum absolute atomic E-state index is 0.141. The number of carbonyl (C=O) groups is 2. The second kappa shape index (κ2) is 8.97. The number of nitrogens with one attached hydrogen (secondary N) is 3. The third-order valence-corrected chi connectivity index (χ3v) is 10.0. The fourth-order valence-electron chi connectivity index (χ4n) is 5.78. The van der Waals surface area contributed by atoms with E-state index in [0.29, 0.717) is 25.8 Å². The van der Waals surface area contributed by atoms with Crippen molar-refractivity contribution in [1.82, 2.24) is 25.5 Å². The first-order valence-corrected chi connectivity index (χ1v) is 14.1. The molecule has 2 saturated carbocycles. The Kier molecular flexibility index (Phi) is 6.43. The van der Waals surface area contributed by atoms with Gasteiger partial charge in [0.1, 0.15) is 0 Å². The van der Waals surface area contributed by atoms with Gasteiger partial charge < -0.3 is 4.90 Å². The molecule has 3 N–H and O–H groups in total. The van der Waals surface area contributed by atoms with E-state index < -0.39 is 21.2 Å². The predicted molar refractivity (Wildman–Crippen MR) is 123 cm³/mol. The molecule has 0 bridgehead atoms. The monoisotopic (exact) mass is 499 g/mol. The van der Waals surface area contributed by atoms with Crippen LogP contribution in [0.25, 0.3) is 0 Å². The molecule has 192 valence electrons. The molecule has 12 heteroatoms. The van der Waals surface area contributed by atoms with Crippen molar-refractivity contribution in [2.75, 3.05) is 13.1 Å². The van der Waals surface area contributed by atoms with E-state index in [9.17, 15) is 18.0 Å². The highest BCUT2D eigenvalue weighted by molar-refractivity contribution is 7.90. The average Bonchev–Trinajstić information content (AvgIpc) is 3.14. The second-order valence-corrected chi connectivity index (χ2v) is 13.2. The van der Waals surface area contributed by atoms with Gasteiger partial charge in [0.15, 0.2) is 0 Å². The van der Waals surface area contributed by atoms with Gasteiger partial charge in [0.25, 0.3) is 0 Å². The number of sulfonamides is 1. The molecule has 5 aliphatic rings. The number of hydrogen-bond donors (Lipinski definition) is 3. The number of hydroxylamine groups is 2. The Morgan fingerprint density at radius 3 is 2.18 bits per heavy atom. The maximum absolute atomic E-state index is 13.6. The number of imide groups is 1. The van der Waals surface area contributed by atoms with Crippen LogP contribution in [0, 0.1) is 5.92 Å². The van der Waals surface area contributed by atoms with Gasteiger partial charge in [-0.05, 0) is 65.7 Å². The van der Waals surface area contributed by atoms with Crippen LogP contribution in [0.3, 0.4) is 0 Å². The summed E-state index contributed by atoms with van der Waals surface area (Å²) in [5, 5.41) is -0.638. The Labute approximate surface area is 201 Å². The summed E-state index contributed by atoms with van der Waals surface area (Å²) in [6.07, 6.45) is 3.80. The van der Waals surface area contributed by atoms with Gasteiger partial charge in [-0.1, -0.05) is 0 Å². The molecular weight excluding hydrogens is 462 g/mol. The molecule has 3 saturated heterocycles. The molecule has 5 rings (SSSR count). The van der Waals surface area contributed by atoms with Gasteiger partial charge in [-0.2, -0.15) is 11.0 Å². The normalized spacial score (nSPS) is 40.0. The SMILES string of the molecule is CC1CC(CN2C(=O)C3CC(S(=O)(=O)NC4(C)CC4)CCC3N(CC3CC(C)NO3)C2=O)ON1. The first-order valence-electron chi connectivity index (χ1n) is 12.5. The number of hydrogen-bond acceptors (Lipinski definition) is 8. The molecule has 3 aliphatic heterocycles.